The molecule has 1 aliphatic heterocycles. The summed E-state index contributed by atoms with van der Waals surface area (Å²) in [6.07, 6.45) is 2.02. The van der Waals surface area contributed by atoms with E-state index >= 15 is 0 Å². The monoisotopic (exact) mass is 279 g/mol. The second-order valence-corrected chi connectivity index (χ2v) is 4.65. The van der Waals surface area contributed by atoms with Gasteiger partial charge >= 0.3 is 5.97 Å². The summed E-state index contributed by atoms with van der Waals surface area (Å²) in [5.74, 6) is -1.08. The number of aliphatic carboxylic acids is 1. The molecule has 2 unspecified atom stereocenters. The van der Waals surface area contributed by atoms with Gasteiger partial charge in [-0.05, 0) is 18.6 Å². The van der Waals surface area contributed by atoms with E-state index in [-0.39, 0.29) is 24.5 Å². The van der Waals surface area contributed by atoms with Gasteiger partial charge in [-0.15, -0.1) is 0 Å². The van der Waals surface area contributed by atoms with Crippen molar-refractivity contribution in [2.75, 3.05) is 19.0 Å². The second-order valence-electron chi connectivity index (χ2n) is 4.65. The van der Waals surface area contributed by atoms with Crippen molar-refractivity contribution >= 4 is 17.6 Å². The molecule has 1 aromatic rings. The number of carbonyl (C=O) groups excluding carboxylic acids is 1. The van der Waals surface area contributed by atoms with E-state index in [0.29, 0.717) is 24.3 Å². The molecule has 1 fully saturated rings. The third-order valence-corrected chi connectivity index (χ3v) is 3.16. The van der Waals surface area contributed by atoms with Gasteiger partial charge in [-0.3, -0.25) is 14.6 Å². The Morgan fingerprint density at radius 2 is 2.35 bits per heavy atom. The summed E-state index contributed by atoms with van der Waals surface area (Å²) in [5, 5.41) is 14.5. The Morgan fingerprint density at radius 3 is 2.90 bits per heavy atom. The SMILES string of the molecule is COC1CNC(C(=O)Nc2ccc(CC(=O)O)nc2)C1. The normalized spacial score (nSPS) is 21.6. The number of carboxylic acid groups (broad SMARTS) is 1. The molecule has 108 valence electrons. The van der Waals surface area contributed by atoms with E-state index in [1.54, 1.807) is 19.2 Å². The Morgan fingerprint density at radius 1 is 1.55 bits per heavy atom. The summed E-state index contributed by atoms with van der Waals surface area (Å²) in [6.45, 7) is 0.657. The zero-order chi connectivity index (χ0) is 14.5. The quantitative estimate of drug-likeness (QED) is 0.702. The van der Waals surface area contributed by atoms with Crippen molar-refractivity contribution in [2.24, 2.45) is 0 Å². The van der Waals surface area contributed by atoms with Gasteiger partial charge in [-0.2, -0.15) is 0 Å². The van der Waals surface area contributed by atoms with Crippen LogP contribution in [0.15, 0.2) is 18.3 Å². The molecule has 1 amide bonds. The lowest BCUT2D eigenvalue weighted by atomic mass is 10.2. The van der Waals surface area contributed by atoms with Gasteiger partial charge in [0.25, 0.3) is 0 Å². The molecule has 2 atom stereocenters. The van der Waals surface area contributed by atoms with Gasteiger partial charge in [-0.25, -0.2) is 0 Å². The van der Waals surface area contributed by atoms with E-state index < -0.39 is 5.97 Å². The number of anilines is 1. The first-order valence-corrected chi connectivity index (χ1v) is 6.32. The fraction of sp³-hybridized carbons (Fsp3) is 0.462. The highest BCUT2D eigenvalue weighted by molar-refractivity contribution is 5.94. The zero-order valence-corrected chi connectivity index (χ0v) is 11.1. The van der Waals surface area contributed by atoms with E-state index in [9.17, 15) is 9.59 Å². The third kappa shape index (κ3) is 3.75. The molecule has 1 aliphatic rings. The molecule has 0 radical (unpaired) electrons. The smallest absolute Gasteiger partial charge is 0.309 e. The molecular formula is C13H17N3O4. The van der Waals surface area contributed by atoms with Crippen LogP contribution >= 0.6 is 0 Å². The number of pyridine rings is 1. The van der Waals surface area contributed by atoms with E-state index in [2.05, 4.69) is 15.6 Å². The number of carboxylic acids is 1. The van der Waals surface area contributed by atoms with Gasteiger partial charge < -0.3 is 20.5 Å². The van der Waals surface area contributed by atoms with Crippen LogP contribution in [0.1, 0.15) is 12.1 Å². The van der Waals surface area contributed by atoms with Crippen LogP contribution in [-0.2, 0) is 20.7 Å². The van der Waals surface area contributed by atoms with Crippen LogP contribution in [-0.4, -0.2) is 47.8 Å². The average Bonchev–Trinajstić information content (AvgIpc) is 2.89. The van der Waals surface area contributed by atoms with E-state index in [1.165, 1.54) is 6.20 Å². The fourth-order valence-electron chi connectivity index (χ4n) is 2.07. The van der Waals surface area contributed by atoms with Crippen LogP contribution in [0.4, 0.5) is 5.69 Å². The highest BCUT2D eigenvalue weighted by Crippen LogP contribution is 2.13. The number of carbonyl (C=O) groups is 2. The standard InChI is InChI=1S/C13H17N3O4/c1-20-10-5-11(15-7-10)13(19)16-9-3-2-8(14-6-9)4-12(17)18/h2-3,6,10-11,15H,4-5,7H2,1H3,(H,16,19)(H,17,18). The molecule has 0 spiro atoms. The molecule has 0 bridgehead atoms. The Balaban J connectivity index is 1.90. The molecule has 2 heterocycles. The predicted molar refractivity (Wildman–Crippen MR) is 71.4 cm³/mol. The summed E-state index contributed by atoms with van der Waals surface area (Å²) in [4.78, 5) is 26.5. The van der Waals surface area contributed by atoms with E-state index in [1.807, 2.05) is 0 Å². The number of aromatic nitrogens is 1. The number of hydrogen-bond donors (Lipinski definition) is 3. The molecule has 3 N–H and O–H groups in total. The molecule has 7 nitrogen and oxygen atoms in total. The lowest BCUT2D eigenvalue weighted by Gasteiger charge is -2.11. The minimum Gasteiger partial charge on any atom is -0.481 e. The largest absolute Gasteiger partial charge is 0.481 e. The van der Waals surface area contributed by atoms with Crippen molar-refractivity contribution in [2.45, 2.75) is 25.0 Å². The van der Waals surface area contributed by atoms with E-state index in [0.717, 1.165) is 0 Å². The van der Waals surface area contributed by atoms with Gasteiger partial charge in [-0.1, -0.05) is 0 Å². The molecule has 0 aliphatic carbocycles. The van der Waals surface area contributed by atoms with Gasteiger partial charge in [0.2, 0.25) is 5.91 Å². The Kier molecular flexibility index (Phi) is 4.65. The van der Waals surface area contributed by atoms with Crippen LogP contribution in [0.25, 0.3) is 0 Å². The highest BCUT2D eigenvalue weighted by atomic mass is 16.5. The zero-order valence-electron chi connectivity index (χ0n) is 11.1. The van der Waals surface area contributed by atoms with Crippen molar-refractivity contribution in [3.63, 3.8) is 0 Å². The predicted octanol–water partition coefficient (Wildman–Crippen LogP) is 0.0241. The van der Waals surface area contributed by atoms with Crippen LogP contribution in [0.5, 0.6) is 0 Å². The van der Waals surface area contributed by atoms with Crippen molar-refractivity contribution in [3.05, 3.63) is 24.0 Å². The third-order valence-electron chi connectivity index (χ3n) is 3.16. The molecule has 0 saturated carbocycles. The van der Waals surface area contributed by atoms with Crippen LogP contribution < -0.4 is 10.6 Å². The summed E-state index contributed by atoms with van der Waals surface area (Å²) < 4.78 is 5.18. The molecule has 20 heavy (non-hydrogen) atoms. The first-order chi connectivity index (χ1) is 9.58. The summed E-state index contributed by atoms with van der Waals surface area (Å²) in [7, 11) is 1.62. The van der Waals surface area contributed by atoms with Crippen molar-refractivity contribution in [1.82, 2.24) is 10.3 Å². The van der Waals surface area contributed by atoms with Crippen molar-refractivity contribution in [1.29, 1.82) is 0 Å². The Bertz CT molecular complexity index is 489. The lowest BCUT2D eigenvalue weighted by Crippen LogP contribution is -2.35. The number of amides is 1. The van der Waals surface area contributed by atoms with Gasteiger partial charge in [0, 0.05) is 13.7 Å². The molecule has 0 aromatic carbocycles. The van der Waals surface area contributed by atoms with Gasteiger partial charge in [0.05, 0.1) is 36.1 Å². The molecule has 2 rings (SSSR count). The minimum atomic E-state index is -0.935. The average molecular weight is 279 g/mol. The maximum atomic E-state index is 12.0. The number of methoxy groups -OCH3 is 1. The van der Waals surface area contributed by atoms with Gasteiger partial charge in [0.15, 0.2) is 0 Å². The molecule has 1 saturated heterocycles. The number of nitrogens with one attached hydrogen (secondary N) is 2. The summed E-state index contributed by atoms with van der Waals surface area (Å²) >= 11 is 0. The second kappa shape index (κ2) is 6.44. The number of ether oxygens (including phenoxy) is 1. The van der Waals surface area contributed by atoms with Crippen LogP contribution in [0, 0.1) is 0 Å². The van der Waals surface area contributed by atoms with Gasteiger partial charge in [0.1, 0.15) is 0 Å². The maximum absolute atomic E-state index is 12.0. The molecule has 7 heteroatoms. The van der Waals surface area contributed by atoms with Crippen molar-refractivity contribution in [3.8, 4) is 0 Å². The Hall–Kier alpha value is -1.99. The summed E-state index contributed by atoms with van der Waals surface area (Å²) in [6, 6.07) is 2.95. The molecule has 1 aromatic heterocycles. The van der Waals surface area contributed by atoms with Crippen LogP contribution in [0.3, 0.4) is 0 Å². The maximum Gasteiger partial charge on any atom is 0.309 e. The topological polar surface area (TPSA) is 101 Å². The first-order valence-electron chi connectivity index (χ1n) is 6.32. The number of hydrogen-bond acceptors (Lipinski definition) is 5. The summed E-state index contributed by atoms with van der Waals surface area (Å²) in [5.41, 5.74) is 1.00. The first kappa shape index (κ1) is 14.4. The van der Waals surface area contributed by atoms with E-state index in [4.69, 9.17) is 9.84 Å². The lowest BCUT2D eigenvalue weighted by molar-refractivity contribution is -0.136. The highest BCUT2D eigenvalue weighted by Gasteiger charge is 2.29. The number of nitrogens with zero attached hydrogens (tertiary/aromatic N) is 1. The van der Waals surface area contributed by atoms with Crippen LogP contribution in [0.2, 0.25) is 0 Å². The molecular weight excluding hydrogens is 262 g/mol. The fourth-order valence-corrected chi connectivity index (χ4v) is 2.07. The van der Waals surface area contributed by atoms with Crippen molar-refractivity contribution < 1.29 is 19.4 Å². The Labute approximate surface area is 116 Å². The minimum absolute atomic E-state index is 0.0572. The number of rotatable bonds is 5.